The molecule has 2 amide bonds. The Kier molecular flexibility index (Phi) is 13.0. The summed E-state index contributed by atoms with van der Waals surface area (Å²) >= 11 is 1.42. The summed E-state index contributed by atoms with van der Waals surface area (Å²) in [4.78, 5) is 51.0. The Bertz CT molecular complexity index is 1750. The average Bonchev–Trinajstić information content (AvgIpc) is 3.83. The van der Waals surface area contributed by atoms with Crippen molar-refractivity contribution in [3.05, 3.63) is 88.4 Å². The summed E-state index contributed by atoms with van der Waals surface area (Å²) in [5.74, 6) is -0.667. The van der Waals surface area contributed by atoms with Crippen LogP contribution in [0.4, 0.5) is 0 Å². The summed E-state index contributed by atoms with van der Waals surface area (Å²) < 4.78 is 5.92. The van der Waals surface area contributed by atoms with Crippen molar-refractivity contribution in [1.82, 2.24) is 20.2 Å². The molecule has 270 valence electrons. The number of aliphatic carboxylic acids is 1. The van der Waals surface area contributed by atoms with Crippen molar-refractivity contribution < 1.29 is 24.2 Å². The molecule has 0 saturated carbocycles. The molecule has 2 N–H and O–H groups in total. The predicted octanol–water partition coefficient (Wildman–Crippen LogP) is 8.18. The minimum absolute atomic E-state index is 0.0982. The molecule has 2 aromatic heterocycles. The van der Waals surface area contributed by atoms with Gasteiger partial charge in [0.25, 0.3) is 5.91 Å². The van der Waals surface area contributed by atoms with Crippen molar-refractivity contribution in [3.8, 4) is 28.3 Å². The number of aromatic nitrogens is 2. The van der Waals surface area contributed by atoms with Crippen LogP contribution >= 0.6 is 11.3 Å². The largest absolute Gasteiger partial charge is 0.494 e. The molecule has 0 radical (unpaired) electrons. The molecule has 9 nitrogen and oxygen atoms in total. The number of carboxylic acids is 1. The number of hydrogen-bond acceptors (Lipinski definition) is 7. The van der Waals surface area contributed by atoms with Gasteiger partial charge >= 0.3 is 5.97 Å². The normalized spacial score (nSPS) is 15.1. The Morgan fingerprint density at radius 1 is 0.902 bits per heavy atom. The Morgan fingerprint density at radius 3 is 2.20 bits per heavy atom. The highest BCUT2D eigenvalue weighted by Crippen LogP contribution is 2.30. The fourth-order valence-electron chi connectivity index (χ4n) is 6.14. The summed E-state index contributed by atoms with van der Waals surface area (Å²) in [7, 11) is 0. The van der Waals surface area contributed by atoms with Crippen molar-refractivity contribution >= 4 is 29.1 Å². The zero-order chi connectivity index (χ0) is 36.4. The Hall–Kier alpha value is -4.57. The van der Waals surface area contributed by atoms with E-state index in [-0.39, 0.29) is 30.2 Å². The van der Waals surface area contributed by atoms with Gasteiger partial charge in [-0.05, 0) is 53.6 Å². The number of nitrogens with zero attached hydrogens (tertiary/aromatic N) is 3. The van der Waals surface area contributed by atoms with Crippen molar-refractivity contribution in [2.45, 2.75) is 90.5 Å². The highest BCUT2D eigenvalue weighted by atomic mass is 32.1. The van der Waals surface area contributed by atoms with Crippen LogP contribution in [-0.2, 0) is 21.4 Å². The second-order valence-corrected chi connectivity index (χ2v) is 15.5. The molecule has 4 aromatic rings. The third-order valence-electron chi connectivity index (χ3n) is 9.28. The van der Waals surface area contributed by atoms with E-state index in [0.717, 1.165) is 45.9 Å². The second kappa shape index (κ2) is 17.6. The Morgan fingerprint density at radius 2 is 1.57 bits per heavy atom. The van der Waals surface area contributed by atoms with Crippen LogP contribution in [0.1, 0.15) is 92.8 Å². The van der Waals surface area contributed by atoms with E-state index in [2.05, 4.69) is 43.0 Å². The lowest BCUT2D eigenvalue weighted by Crippen LogP contribution is -2.49. The number of likely N-dealkylation sites (tertiary alicyclic amines) is 1. The second-order valence-electron chi connectivity index (χ2n) is 14.4. The molecule has 0 bridgehead atoms. The zero-order valence-electron chi connectivity index (χ0n) is 30.2. The van der Waals surface area contributed by atoms with Gasteiger partial charge in [0.1, 0.15) is 11.8 Å². The predicted molar refractivity (Wildman–Crippen MR) is 202 cm³/mol. The lowest BCUT2D eigenvalue weighted by atomic mass is 9.95. The molecule has 10 heteroatoms. The van der Waals surface area contributed by atoms with E-state index in [0.29, 0.717) is 23.7 Å². The van der Waals surface area contributed by atoms with Gasteiger partial charge in [0.2, 0.25) is 5.91 Å². The van der Waals surface area contributed by atoms with Gasteiger partial charge in [-0.25, -0.2) is 9.97 Å². The minimum atomic E-state index is -0.911. The van der Waals surface area contributed by atoms with Crippen LogP contribution in [0.5, 0.6) is 5.75 Å². The SMILES string of the molecule is CCCCCCCCOc1ccc(-c2cnc(-c3ccc(CC(NC(=O)c4ccc(C(C)(C)C)s4)C(=O)N4CCC(C(=O)O)C4)cc3)nc2)cc1. The average molecular weight is 711 g/mol. The van der Waals surface area contributed by atoms with Gasteiger partial charge < -0.3 is 20.1 Å². The Labute approximate surface area is 305 Å². The minimum Gasteiger partial charge on any atom is -0.494 e. The molecule has 5 rings (SSSR count). The molecule has 1 aliphatic heterocycles. The summed E-state index contributed by atoms with van der Waals surface area (Å²) in [6, 6.07) is 18.5. The Balaban J connectivity index is 1.21. The first-order valence-corrected chi connectivity index (χ1v) is 18.9. The number of amides is 2. The number of nitrogens with one attached hydrogen (secondary N) is 1. The molecule has 1 fully saturated rings. The summed E-state index contributed by atoms with van der Waals surface area (Å²) in [6.07, 6.45) is 11.7. The summed E-state index contributed by atoms with van der Waals surface area (Å²) in [5, 5.41) is 12.4. The van der Waals surface area contributed by atoms with Crippen LogP contribution < -0.4 is 10.1 Å². The number of ether oxygens (including phenoxy) is 1. The molecule has 2 atom stereocenters. The van der Waals surface area contributed by atoms with Gasteiger partial charge in [0.05, 0.1) is 17.4 Å². The number of carbonyl (C=O) groups is 3. The fourth-order valence-corrected chi connectivity index (χ4v) is 7.11. The summed E-state index contributed by atoms with van der Waals surface area (Å²) in [5.41, 5.74) is 3.49. The molecular formula is C41H50N4O5S. The van der Waals surface area contributed by atoms with E-state index in [4.69, 9.17) is 4.74 Å². The van der Waals surface area contributed by atoms with Crippen LogP contribution in [0.2, 0.25) is 0 Å². The number of carboxylic acid groups (broad SMARTS) is 1. The monoisotopic (exact) mass is 710 g/mol. The third-order valence-corrected chi connectivity index (χ3v) is 10.8. The van der Waals surface area contributed by atoms with Gasteiger partial charge in [0.15, 0.2) is 5.82 Å². The van der Waals surface area contributed by atoms with Crippen LogP contribution in [0.15, 0.2) is 73.1 Å². The molecular weight excluding hydrogens is 661 g/mol. The van der Waals surface area contributed by atoms with E-state index in [1.165, 1.54) is 43.4 Å². The first-order chi connectivity index (χ1) is 24.5. The number of hydrogen-bond donors (Lipinski definition) is 2. The molecule has 51 heavy (non-hydrogen) atoms. The molecule has 0 spiro atoms. The van der Waals surface area contributed by atoms with Crippen LogP contribution in [0.25, 0.3) is 22.5 Å². The van der Waals surface area contributed by atoms with Crippen molar-refractivity contribution in [1.29, 1.82) is 0 Å². The molecule has 1 aliphatic rings. The van der Waals surface area contributed by atoms with E-state index in [1.54, 1.807) is 11.0 Å². The topological polar surface area (TPSA) is 122 Å². The number of rotatable bonds is 16. The molecule has 0 aliphatic carbocycles. The maximum Gasteiger partial charge on any atom is 0.308 e. The highest BCUT2D eigenvalue weighted by molar-refractivity contribution is 7.14. The highest BCUT2D eigenvalue weighted by Gasteiger charge is 2.35. The van der Waals surface area contributed by atoms with Gasteiger partial charge in [0, 0.05) is 47.9 Å². The number of thiophene rings is 1. The lowest BCUT2D eigenvalue weighted by Gasteiger charge is -2.24. The van der Waals surface area contributed by atoms with E-state index in [1.807, 2.05) is 67.0 Å². The van der Waals surface area contributed by atoms with E-state index < -0.39 is 17.9 Å². The molecule has 3 heterocycles. The smallest absolute Gasteiger partial charge is 0.308 e. The fraction of sp³-hybridized carbons (Fsp3) is 0.439. The number of unbranched alkanes of at least 4 members (excludes halogenated alkanes) is 5. The first-order valence-electron chi connectivity index (χ1n) is 18.1. The van der Waals surface area contributed by atoms with Gasteiger partial charge in [-0.1, -0.05) is 96.2 Å². The maximum atomic E-state index is 13.7. The molecule has 2 unspecified atom stereocenters. The van der Waals surface area contributed by atoms with E-state index in [9.17, 15) is 19.5 Å². The first kappa shape index (κ1) is 37.7. The number of carbonyl (C=O) groups excluding carboxylic acids is 2. The lowest BCUT2D eigenvalue weighted by molar-refractivity contribution is -0.141. The van der Waals surface area contributed by atoms with E-state index >= 15 is 0 Å². The number of benzene rings is 2. The van der Waals surface area contributed by atoms with Gasteiger partial charge in [-0.15, -0.1) is 11.3 Å². The maximum absolute atomic E-state index is 13.7. The van der Waals surface area contributed by atoms with Gasteiger partial charge in [-0.3, -0.25) is 14.4 Å². The van der Waals surface area contributed by atoms with Crippen molar-refractivity contribution in [2.24, 2.45) is 5.92 Å². The standard InChI is InChI=1S/C41H50N4O5S/c1-5-6-7-8-9-10-23-50-33-17-15-29(16-18-33)32-25-42-37(43-26-32)30-13-11-28(12-14-30)24-34(39(47)45-22-21-31(27-45)40(48)49)44-38(46)35-19-20-36(51-35)41(2,3)4/h11-20,25-26,31,34H,5-10,21-24,27H2,1-4H3,(H,44,46)(H,48,49). The zero-order valence-corrected chi connectivity index (χ0v) is 31.0. The molecule has 2 aromatic carbocycles. The quantitative estimate of drug-likeness (QED) is 0.113. The molecule has 1 saturated heterocycles. The van der Waals surface area contributed by atoms with Gasteiger partial charge in [-0.2, -0.15) is 0 Å². The summed E-state index contributed by atoms with van der Waals surface area (Å²) in [6.45, 7) is 9.72. The van der Waals surface area contributed by atoms with Crippen LogP contribution in [-0.4, -0.2) is 63.5 Å². The third kappa shape index (κ3) is 10.5. The van der Waals surface area contributed by atoms with Crippen molar-refractivity contribution in [2.75, 3.05) is 19.7 Å². The van der Waals surface area contributed by atoms with Crippen molar-refractivity contribution in [3.63, 3.8) is 0 Å². The van der Waals surface area contributed by atoms with Crippen LogP contribution in [0, 0.1) is 5.92 Å². The van der Waals surface area contributed by atoms with Crippen LogP contribution in [0.3, 0.4) is 0 Å².